The lowest BCUT2D eigenvalue weighted by molar-refractivity contribution is 0.377. The Hall–Kier alpha value is -3.53. The molecule has 1 heterocycles. The Labute approximate surface area is 166 Å². The molecule has 0 saturated heterocycles. The van der Waals surface area contributed by atoms with Crippen LogP contribution in [-0.2, 0) is 20.8 Å². The quantitative estimate of drug-likeness (QED) is 0.264. The van der Waals surface area contributed by atoms with Crippen LogP contribution in [0.1, 0.15) is 0 Å². The number of phenols is 3. The molecular formula is C15H10O13S2. The molecule has 160 valence electrons. The van der Waals surface area contributed by atoms with Gasteiger partial charge in [0.25, 0.3) is 0 Å². The third-order valence-corrected chi connectivity index (χ3v) is 4.29. The third kappa shape index (κ3) is 4.38. The van der Waals surface area contributed by atoms with Gasteiger partial charge in [0.05, 0.1) is 0 Å². The van der Waals surface area contributed by atoms with Gasteiger partial charge < -0.3 is 28.1 Å². The minimum absolute atomic E-state index is 0.219. The topological polar surface area (TPSA) is 218 Å². The van der Waals surface area contributed by atoms with Gasteiger partial charge in [-0.15, -0.1) is 0 Å². The molecular weight excluding hydrogens is 452 g/mol. The number of hydrogen-bond acceptors (Lipinski definition) is 11. The van der Waals surface area contributed by atoms with Crippen molar-refractivity contribution in [3.63, 3.8) is 0 Å². The predicted molar refractivity (Wildman–Crippen MR) is 97.3 cm³/mol. The van der Waals surface area contributed by atoms with Gasteiger partial charge in [0.15, 0.2) is 23.0 Å². The van der Waals surface area contributed by atoms with E-state index in [9.17, 15) is 36.9 Å². The predicted octanol–water partition coefficient (Wildman–Crippen LogP) is 0.940. The van der Waals surface area contributed by atoms with Crippen molar-refractivity contribution < 1.29 is 54.0 Å². The molecule has 0 fully saturated rings. The molecule has 15 heteroatoms. The molecule has 0 aliphatic carbocycles. The molecule has 5 N–H and O–H groups in total. The fraction of sp³-hybridized carbons (Fsp3) is 0. The Kier molecular flexibility index (Phi) is 4.99. The van der Waals surface area contributed by atoms with E-state index in [4.69, 9.17) is 13.5 Å². The Morgan fingerprint density at radius 2 is 1.47 bits per heavy atom. The molecule has 13 nitrogen and oxygen atoms in total. The summed E-state index contributed by atoms with van der Waals surface area (Å²) in [4.78, 5) is 12.9. The first-order valence-electron chi connectivity index (χ1n) is 7.45. The molecule has 0 atom stereocenters. The zero-order valence-corrected chi connectivity index (χ0v) is 15.8. The summed E-state index contributed by atoms with van der Waals surface area (Å²) in [6.07, 6.45) is 0. The zero-order chi connectivity index (χ0) is 22.4. The molecule has 0 unspecified atom stereocenters. The van der Waals surface area contributed by atoms with Gasteiger partial charge in [0, 0.05) is 17.7 Å². The van der Waals surface area contributed by atoms with Gasteiger partial charge in [-0.2, -0.15) is 16.8 Å². The fourth-order valence-corrected chi connectivity index (χ4v) is 3.19. The van der Waals surface area contributed by atoms with Crippen molar-refractivity contribution in [2.24, 2.45) is 0 Å². The second-order valence-electron chi connectivity index (χ2n) is 5.63. The Bertz CT molecular complexity index is 1440. The highest BCUT2D eigenvalue weighted by molar-refractivity contribution is 7.81. The van der Waals surface area contributed by atoms with E-state index >= 15 is 0 Å². The molecule has 0 bridgehead atoms. The van der Waals surface area contributed by atoms with Gasteiger partial charge in [-0.05, 0) is 18.2 Å². The van der Waals surface area contributed by atoms with Gasteiger partial charge in [-0.25, -0.2) is 0 Å². The summed E-state index contributed by atoms with van der Waals surface area (Å²) in [5.74, 6) is -4.75. The molecule has 0 aliphatic heterocycles. The molecule has 3 rings (SSSR count). The van der Waals surface area contributed by atoms with E-state index < -0.39 is 71.7 Å². The summed E-state index contributed by atoms with van der Waals surface area (Å²) >= 11 is 0. The lowest BCUT2D eigenvalue weighted by atomic mass is 10.1. The minimum Gasteiger partial charge on any atom is -0.508 e. The van der Waals surface area contributed by atoms with Gasteiger partial charge in [0.2, 0.25) is 11.2 Å². The highest BCUT2D eigenvalue weighted by Crippen LogP contribution is 2.39. The lowest BCUT2D eigenvalue weighted by Gasteiger charge is -2.12. The maximum Gasteiger partial charge on any atom is 0.446 e. The third-order valence-electron chi connectivity index (χ3n) is 3.52. The SMILES string of the molecule is O=c1c(OS(=O)(=O)O)c(-c2ccc(O)c(O)c2)oc2cc(O)cc(OS(=O)(=O)O)c12. The molecule has 3 aromatic rings. The first-order valence-corrected chi connectivity index (χ1v) is 10.2. The van der Waals surface area contributed by atoms with Crippen molar-refractivity contribution in [1.82, 2.24) is 0 Å². The summed E-state index contributed by atoms with van der Waals surface area (Å²) in [7, 11) is -10.5. The molecule has 0 saturated carbocycles. The fourth-order valence-electron chi connectivity index (χ4n) is 2.47. The van der Waals surface area contributed by atoms with Crippen LogP contribution in [0.4, 0.5) is 0 Å². The van der Waals surface area contributed by atoms with Crippen molar-refractivity contribution in [3.8, 4) is 40.1 Å². The largest absolute Gasteiger partial charge is 0.508 e. The van der Waals surface area contributed by atoms with E-state index in [1.807, 2.05) is 0 Å². The first kappa shape index (κ1) is 21.2. The van der Waals surface area contributed by atoms with E-state index in [0.717, 1.165) is 24.3 Å². The zero-order valence-electron chi connectivity index (χ0n) is 14.2. The number of phenolic OH excluding ortho intramolecular Hbond substituents is 3. The maximum absolute atomic E-state index is 12.9. The first-order chi connectivity index (χ1) is 13.7. The highest BCUT2D eigenvalue weighted by atomic mass is 32.3. The Morgan fingerprint density at radius 3 is 2.03 bits per heavy atom. The van der Waals surface area contributed by atoms with E-state index in [-0.39, 0.29) is 5.56 Å². The molecule has 1 aromatic heterocycles. The molecule has 0 amide bonds. The average Bonchev–Trinajstić information content (AvgIpc) is 2.56. The second kappa shape index (κ2) is 7.06. The van der Waals surface area contributed by atoms with Crippen LogP contribution >= 0.6 is 0 Å². The van der Waals surface area contributed by atoms with E-state index in [0.29, 0.717) is 6.07 Å². The standard InChI is InChI=1S/C15H10O13S2/c16-7-4-10-12(11(5-7)27-29(20,21)22)13(19)15(28-30(23,24)25)14(26-10)6-1-2-8(17)9(18)3-6/h1-5,16-18H,(H,20,21,22)(H,23,24,25). The van der Waals surface area contributed by atoms with Gasteiger partial charge in [-0.3, -0.25) is 13.9 Å². The molecule has 0 spiro atoms. The van der Waals surface area contributed by atoms with Crippen LogP contribution in [0.25, 0.3) is 22.3 Å². The van der Waals surface area contributed by atoms with Crippen LogP contribution in [0.2, 0.25) is 0 Å². The summed E-state index contributed by atoms with van der Waals surface area (Å²) < 4.78 is 76.2. The van der Waals surface area contributed by atoms with E-state index in [1.165, 1.54) is 0 Å². The molecule has 0 aliphatic rings. The lowest BCUT2D eigenvalue weighted by Crippen LogP contribution is -2.17. The van der Waals surface area contributed by atoms with Crippen LogP contribution in [-0.4, -0.2) is 41.3 Å². The van der Waals surface area contributed by atoms with Crippen LogP contribution in [0.5, 0.6) is 28.7 Å². The second-order valence-corrected chi connectivity index (χ2v) is 7.68. The van der Waals surface area contributed by atoms with Crippen LogP contribution in [0, 0.1) is 0 Å². The minimum atomic E-state index is -5.30. The van der Waals surface area contributed by atoms with Gasteiger partial charge in [-0.1, -0.05) is 0 Å². The molecule has 30 heavy (non-hydrogen) atoms. The van der Waals surface area contributed by atoms with Crippen molar-refractivity contribution in [1.29, 1.82) is 0 Å². The normalized spacial score (nSPS) is 12.1. The number of aromatic hydroxyl groups is 3. The van der Waals surface area contributed by atoms with Crippen LogP contribution in [0.3, 0.4) is 0 Å². The monoisotopic (exact) mass is 462 g/mol. The molecule has 2 aromatic carbocycles. The van der Waals surface area contributed by atoms with Crippen LogP contribution in [0.15, 0.2) is 39.5 Å². The Balaban J connectivity index is 2.45. The van der Waals surface area contributed by atoms with Crippen molar-refractivity contribution in [2.45, 2.75) is 0 Å². The van der Waals surface area contributed by atoms with Gasteiger partial charge in [0.1, 0.15) is 16.7 Å². The summed E-state index contributed by atoms with van der Waals surface area (Å²) in [6.45, 7) is 0. The van der Waals surface area contributed by atoms with Crippen molar-refractivity contribution in [3.05, 3.63) is 40.6 Å². The maximum atomic E-state index is 12.9. The van der Waals surface area contributed by atoms with E-state index in [2.05, 4.69) is 8.37 Å². The summed E-state index contributed by atoms with van der Waals surface area (Å²) in [5.41, 5.74) is -2.16. The number of benzene rings is 2. The number of rotatable bonds is 5. The summed E-state index contributed by atoms with van der Waals surface area (Å²) in [6, 6.07) is 4.33. The van der Waals surface area contributed by atoms with Crippen LogP contribution < -0.4 is 13.8 Å². The van der Waals surface area contributed by atoms with Gasteiger partial charge >= 0.3 is 20.8 Å². The highest BCUT2D eigenvalue weighted by Gasteiger charge is 2.26. The molecule has 0 radical (unpaired) electrons. The van der Waals surface area contributed by atoms with E-state index in [1.54, 1.807) is 0 Å². The number of hydrogen-bond donors (Lipinski definition) is 5. The van der Waals surface area contributed by atoms with Crippen molar-refractivity contribution >= 4 is 31.8 Å². The Morgan fingerprint density at radius 1 is 0.833 bits per heavy atom. The van der Waals surface area contributed by atoms with Crippen molar-refractivity contribution in [2.75, 3.05) is 0 Å². The number of fused-ring (bicyclic) bond motifs is 1. The average molecular weight is 462 g/mol. The summed E-state index contributed by atoms with van der Waals surface area (Å²) in [5, 5.41) is 28.0. The smallest absolute Gasteiger partial charge is 0.446 e.